The minimum atomic E-state index is -1.19. The molecule has 6 nitrogen and oxygen atoms in total. The Morgan fingerprint density at radius 2 is 2.09 bits per heavy atom. The van der Waals surface area contributed by atoms with E-state index in [2.05, 4.69) is 10.6 Å². The van der Waals surface area contributed by atoms with Crippen molar-refractivity contribution in [1.82, 2.24) is 10.6 Å². The monoisotopic (exact) mass is 356 g/mol. The van der Waals surface area contributed by atoms with Gasteiger partial charge in [0.05, 0.1) is 5.92 Å². The highest BCUT2D eigenvalue weighted by Gasteiger charge is 2.62. The van der Waals surface area contributed by atoms with Gasteiger partial charge in [-0.05, 0) is 37.0 Å². The van der Waals surface area contributed by atoms with Crippen molar-refractivity contribution in [3.63, 3.8) is 0 Å². The number of aryl methyl sites for hydroxylation is 1. The van der Waals surface area contributed by atoms with Gasteiger partial charge in [-0.15, -0.1) is 0 Å². The van der Waals surface area contributed by atoms with E-state index in [4.69, 9.17) is 28.3 Å². The van der Waals surface area contributed by atoms with Crippen molar-refractivity contribution in [2.24, 2.45) is 11.8 Å². The molecule has 8 heteroatoms. The molecule has 0 bridgehead atoms. The summed E-state index contributed by atoms with van der Waals surface area (Å²) in [5.41, 5.74) is -0.403. The van der Waals surface area contributed by atoms with Crippen molar-refractivity contribution >= 4 is 41.1 Å². The Labute approximate surface area is 142 Å². The van der Waals surface area contributed by atoms with Crippen LogP contribution in [0, 0.1) is 11.8 Å². The van der Waals surface area contributed by atoms with Gasteiger partial charge in [0, 0.05) is 16.0 Å². The number of carboxylic acids is 1. The van der Waals surface area contributed by atoms with Crippen LogP contribution in [0.25, 0.3) is 0 Å². The Morgan fingerprint density at radius 1 is 1.35 bits per heavy atom. The van der Waals surface area contributed by atoms with E-state index in [0.29, 0.717) is 22.9 Å². The van der Waals surface area contributed by atoms with E-state index < -0.39 is 35.3 Å². The fourth-order valence-corrected chi connectivity index (χ4v) is 3.70. The summed E-state index contributed by atoms with van der Waals surface area (Å²) in [6.07, 6.45) is 1.07. The number of carbonyl (C=O) groups is 3. The molecule has 122 valence electrons. The number of amides is 3. The first-order chi connectivity index (χ1) is 10.8. The molecule has 1 saturated carbocycles. The maximum absolute atomic E-state index is 12.3. The molecule has 1 aliphatic carbocycles. The SMILES string of the molecule is O=C1NC(=O)C(CCc2ccc(Cl)cc2Cl)(C2CC2C(=O)O)N1. The first-order valence-electron chi connectivity index (χ1n) is 7.14. The molecule has 2 aliphatic rings. The molecule has 3 atom stereocenters. The molecule has 0 spiro atoms. The zero-order chi connectivity index (χ0) is 16.8. The Bertz CT molecular complexity index is 709. The summed E-state index contributed by atoms with van der Waals surface area (Å²) in [6, 6.07) is 4.47. The second kappa shape index (κ2) is 5.69. The highest BCUT2D eigenvalue weighted by Crippen LogP contribution is 2.49. The maximum atomic E-state index is 12.3. The van der Waals surface area contributed by atoms with E-state index in [1.54, 1.807) is 18.2 Å². The van der Waals surface area contributed by atoms with Crippen molar-refractivity contribution < 1.29 is 19.5 Å². The molecule has 3 rings (SSSR count). The third-order valence-electron chi connectivity index (χ3n) is 4.51. The normalized spacial score (nSPS) is 29.1. The van der Waals surface area contributed by atoms with Gasteiger partial charge in [-0.2, -0.15) is 0 Å². The van der Waals surface area contributed by atoms with Gasteiger partial charge in [0.1, 0.15) is 5.54 Å². The lowest BCUT2D eigenvalue weighted by molar-refractivity contribution is -0.139. The Hall–Kier alpha value is -1.79. The number of carboxylic acid groups (broad SMARTS) is 1. The molecule has 3 amide bonds. The summed E-state index contributed by atoms with van der Waals surface area (Å²) in [6.45, 7) is 0. The van der Waals surface area contributed by atoms with Gasteiger partial charge in [0.2, 0.25) is 0 Å². The van der Waals surface area contributed by atoms with Gasteiger partial charge < -0.3 is 10.4 Å². The molecule has 1 aliphatic heterocycles. The average molecular weight is 357 g/mol. The summed E-state index contributed by atoms with van der Waals surface area (Å²) >= 11 is 12.0. The molecule has 23 heavy (non-hydrogen) atoms. The van der Waals surface area contributed by atoms with Crippen molar-refractivity contribution in [2.75, 3.05) is 0 Å². The number of urea groups is 1. The smallest absolute Gasteiger partial charge is 0.322 e. The number of imide groups is 1. The molecular formula is C15H14Cl2N2O4. The van der Waals surface area contributed by atoms with Crippen LogP contribution in [0.15, 0.2) is 18.2 Å². The molecule has 2 fully saturated rings. The average Bonchev–Trinajstić information content (AvgIpc) is 3.20. The van der Waals surface area contributed by atoms with Crippen molar-refractivity contribution in [3.8, 4) is 0 Å². The maximum Gasteiger partial charge on any atom is 0.322 e. The quantitative estimate of drug-likeness (QED) is 0.704. The topological polar surface area (TPSA) is 95.5 Å². The fraction of sp³-hybridized carbons (Fsp3) is 0.400. The predicted molar refractivity (Wildman–Crippen MR) is 83.4 cm³/mol. The summed E-state index contributed by atoms with van der Waals surface area (Å²) in [4.78, 5) is 35.0. The third-order valence-corrected chi connectivity index (χ3v) is 5.10. The number of benzene rings is 1. The van der Waals surface area contributed by atoms with E-state index in [0.717, 1.165) is 5.56 Å². The fourth-order valence-electron chi connectivity index (χ4n) is 3.20. The van der Waals surface area contributed by atoms with Gasteiger partial charge in [-0.1, -0.05) is 29.3 Å². The zero-order valence-electron chi connectivity index (χ0n) is 11.9. The van der Waals surface area contributed by atoms with Crippen LogP contribution >= 0.6 is 23.2 Å². The minimum Gasteiger partial charge on any atom is -0.481 e. The molecule has 3 unspecified atom stereocenters. The number of aliphatic carboxylic acids is 1. The van der Waals surface area contributed by atoms with Gasteiger partial charge in [-0.3, -0.25) is 14.9 Å². The summed E-state index contributed by atoms with van der Waals surface area (Å²) < 4.78 is 0. The Balaban J connectivity index is 1.82. The number of rotatable bonds is 5. The molecule has 3 N–H and O–H groups in total. The second-order valence-electron chi connectivity index (χ2n) is 5.90. The summed E-state index contributed by atoms with van der Waals surface area (Å²) in [5, 5.41) is 15.0. The molecule has 0 aromatic heterocycles. The van der Waals surface area contributed by atoms with E-state index in [-0.39, 0.29) is 6.42 Å². The van der Waals surface area contributed by atoms with E-state index in [1.165, 1.54) is 0 Å². The lowest BCUT2D eigenvalue weighted by Crippen LogP contribution is -2.50. The van der Waals surface area contributed by atoms with Gasteiger partial charge in [0.25, 0.3) is 5.91 Å². The van der Waals surface area contributed by atoms with Gasteiger partial charge in [-0.25, -0.2) is 4.79 Å². The molecule has 1 aromatic carbocycles. The van der Waals surface area contributed by atoms with E-state index in [1.807, 2.05) is 0 Å². The number of carbonyl (C=O) groups excluding carboxylic acids is 2. The first kappa shape index (κ1) is 16.1. The van der Waals surface area contributed by atoms with E-state index >= 15 is 0 Å². The van der Waals surface area contributed by atoms with Crippen LogP contribution in [0.2, 0.25) is 10.0 Å². The number of nitrogens with one attached hydrogen (secondary N) is 2. The predicted octanol–water partition coefficient (Wildman–Crippen LogP) is 2.22. The largest absolute Gasteiger partial charge is 0.481 e. The van der Waals surface area contributed by atoms with Crippen LogP contribution in [0.3, 0.4) is 0 Å². The van der Waals surface area contributed by atoms with Crippen LogP contribution in [0.1, 0.15) is 18.4 Å². The lowest BCUT2D eigenvalue weighted by Gasteiger charge is -2.26. The minimum absolute atomic E-state index is 0.278. The summed E-state index contributed by atoms with van der Waals surface area (Å²) in [7, 11) is 0. The highest BCUT2D eigenvalue weighted by molar-refractivity contribution is 6.35. The standard InChI is InChI=1S/C15H14Cl2N2O4/c16-8-2-1-7(11(17)5-8)3-4-15(10-6-9(10)12(20)21)13(22)18-14(23)19-15/h1-2,5,9-10H,3-4,6H2,(H,20,21)(H2,18,19,22,23). The summed E-state index contributed by atoms with van der Waals surface area (Å²) in [5.74, 6) is -2.44. The number of hydrogen-bond donors (Lipinski definition) is 3. The van der Waals surface area contributed by atoms with Crippen LogP contribution in [-0.4, -0.2) is 28.6 Å². The third kappa shape index (κ3) is 2.88. The van der Waals surface area contributed by atoms with Gasteiger partial charge >= 0.3 is 12.0 Å². The molecule has 1 saturated heterocycles. The Morgan fingerprint density at radius 3 is 2.61 bits per heavy atom. The number of hydrogen-bond acceptors (Lipinski definition) is 3. The first-order valence-corrected chi connectivity index (χ1v) is 7.89. The molecule has 1 heterocycles. The highest BCUT2D eigenvalue weighted by atomic mass is 35.5. The molecular weight excluding hydrogens is 343 g/mol. The van der Waals surface area contributed by atoms with Crippen LogP contribution in [-0.2, 0) is 16.0 Å². The number of halogens is 2. The van der Waals surface area contributed by atoms with Crippen molar-refractivity contribution in [3.05, 3.63) is 33.8 Å². The molecule has 1 aromatic rings. The molecule has 0 radical (unpaired) electrons. The van der Waals surface area contributed by atoms with Crippen LogP contribution in [0.4, 0.5) is 4.79 Å². The van der Waals surface area contributed by atoms with Crippen LogP contribution < -0.4 is 10.6 Å². The second-order valence-corrected chi connectivity index (χ2v) is 6.75. The zero-order valence-corrected chi connectivity index (χ0v) is 13.4. The van der Waals surface area contributed by atoms with Crippen LogP contribution in [0.5, 0.6) is 0 Å². The van der Waals surface area contributed by atoms with E-state index in [9.17, 15) is 14.4 Å². The Kier molecular flexibility index (Phi) is 3.98. The van der Waals surface area contributed by atoms with Crippen molar-refractivity contribution in [2.45, 2.75) is 24.8 Å². The lowest BCUT2D eigenvalue weighted by atomic mass is 9.85. The van der Waals surface area contributed by atoms with Gasteiger partial charge in [0.15, 0.2) is 0 Å². The van der Waals surface area contributed by atoms with Crippen molar-refractivity contribution in [1.29, 1.82) is 0 Å².